The second-order valence-electron chi connectivity index (χ2n) is 4.52. The van der Waals surface area contributed by atoms with E-state index in [0.29, 0.717) is 0 Å². The van der Waals surface area contributed by atoms with Gasteiger partial charge in [-0.05, 0) is 52.9 Å². The molecule has 0 atom stereocenters. The zero-order valence-corrected chi connectivity index (χ0v) is 12.1. The number of nitrogen functional groups attached to an aromatic ring is 1. The van der Waals surface area contributed by atoms with Crippen molar-refractivity contribution in [2.24, 2.45) is 11.7 Å². The molecule has 3 N–H and O–H groups in total. The molecule has 1 aromatic carbocycles. The highest BCUT2D eigenvalue weighted by molar-refractivity contribution is 9.10. The Kier molecular flexibility index (Phi) is 4.51. The van der Waals surface area contributed by atoms with Crippen LogP contribution in [0.15, 0.2) is 27.6 Å². The second-order valence-corrected chi connectivity index (χ2v) is 6.46. The van der Waals surface area contributed by atoms with Gasteiger partial charge >= 0.3 is 0 Å². The standard InChI is InChI=1S/C13H17BrN2S/c14-12-7-10(5-6-11(12)13(15)16)17-8-9-3-1-2-4-9/h5-7,9H,1-4,8H2,(H3,15,16). The van der Waals surface area contributed by atoms with E-state index in [0.717, 1.165) is 16.0 Å². The lowest BCUT2D eigenvalue weighted by Gasteiger charge is -2.09. The molecule has 1 aromatic rings. The first kappa shape index (κ1) is 13.0. The summed E-state index contributed by atoms with van der Waals surface area (Å²) in [7, 11) is 0. The molecule has 2 rings (SSSR count). The predicted molar refractivity (Wildman–Crippen MR) is 77.8 cm³/mol. The van der Waals surface area contributed by atoms with E-state index in [4.69, 9.17) is 11.1 Å². The fraction of sp³-hybridized carbons (Fsp3) is 0.462. The van der Waals surface area contributed by atoms with E-state index in [1.807, 2.05) is 17.8 Å². The van der Waals surface area contributed by atoms with Crippen LogP contribution in [0.25, 0.3) is 0 Å². The smallest absolute Gasteiger partial charge is 0.123 e. The molecule has 17 heavy (non-hydrogen) atoms. The van der Waals surface area contributed by atoms with Gasteiger partial charge < -0.3 is 5.73 Å². The SMILES string of the molecule is N=C(N)c1ccc(SCC2CCCC2)cc1Br. The topological polar surface area (TPSA) is 49.9 Å². The molecular formula is C13H17BrN2S. The summed E-state index contributed by atoms with van der Waals surface area (Å²) < 4.78 is 0.918. The number of hydrogen-bond acceptors (Lipinski definition) is 2. The molecule has 0 heterocycles. The van der Waals surface area contributed by atoms with Crippen LogP contribution in [0, 0.1) is 11.3 Å². The van der Waals surface area contributed by atoms with Crippen LogP contribution < -0.4 is 5.73 Å². The van der Waals surface area contributed by atoms with Crippen LogP contribution in [-0.2, 0) is 0 Å². The monoisotopic (exact) mass is 312 g/mol. The molecule has 0 saturated heterocycles. The maximum Gasteiger partial charge on any atom is 0.123 e. The van der Waals surface area contributed by atoms with Gasteiger partial charge in [-0.1, -0.05) is 12.8 Å². The molecule has 0 unspecified atom stereocenters. The number of rotatable bonds is 4. The van der Waals surface area contributed by atoms with Crippen molar-refractivity contribution in [3.05, 3.63) is 28.2 Å². The maximum absolute atomic E-state index is 7.43. The summed E-state index contributed by atoms with van der Waals surface area (Å²) in [5, 5.41) is 7.43. The van der Waals surface area contributed by atoms with E-state index in [2.05, 4.69) is 28.1 Å². The highest BCUT2D eigenvalue weighted by Crippen LogP contribution is 2.32. The first-order valence-corrected chi connectivity index (χ1v) is 7.71. The van der Waals surface area contributed by atoms with Gasteiger partial charge in [0.25, 0.3) is 0 Å². The molecule has 0 spiro atoms. The van der Waals surface area contributed by atoms with Crippen LogP contribution in [0.5, 0.6) is 0 Å². The maximum atomic E-state index is 7.43. The molecule has 1 aliphatic carbocycles. The molecule has 1 fully saturated rings. The fourth-order valence-corrected chi connectivity index (χ4v) is 4.07. The molecule has 0 aromatic heterocycles. The molecule has 4 heteroatoms. The Labute approximate surface area is 115 Å². The largest absolute Gasteiger partial charge is 0.384 e. The summed E-state index contributed by atoms with van der Waals surface area (Å²) in [6.07, 6.45) is 5.58. The van der Waals surface area contributed by atoms with Crippen molar-refractivity contribution in [3.8, 4) is 0 Å². The number of nitrogens with two attached hydrogens (primary N) is 1. The normalized spacial score (nSPS) is 16.3. The van der Waals surface area contributed by atoms with Crippen LogP contribution in [0.1, 0.15) is 31.2 Å². The molecule has 0 radical (unpaired) electrons. The Bertz CT molecular complexity index is 414. The van der Waals surface area contributed by atoms with Crippen molar-refractivity contribution in [1.82, 2.24) is 0 Å². The van der Waals surface area contributed by atoms with E-state index >= 15 is 0 Å². The van der Waals surface area contributed by atoms with Gasteiger partial charge in [-0.2, -0.15) is 0 Å². The van der Waals surface area contributed by atoms with Crippen molar-refractivity contribution in [2.75, 3.05) is 5.75 Å². The van der Waals surface area contributed by atoms with Crippen LogP contribution in [0.3, 0.4) is 0 Å². The molecular weight excluding hydrogens is 296 g/mol. The van der Waals surface area contributed by atoms with Crippen LogP contribution in [0.4, 0.5) is 0 Å². The van der Waals surface area contributed by atoms with Crippen molar-refractivity contribution in [1.29, 1.82) is 5.41 Å². The van der Waals surface area contributed by atoms with Crippen molar-refractivity contribution in [3.63, 3.8) is 0 Å². The van der Waals surface area contributed by atoms with Gasteiger partial charge in [0.2, 0.25) is 0 Å². The highest BCUT2D eigenvalue weighted by atomic mass is 79.9. The molecule has 92 valence electrons. The minimum atomic E-state index is 0.115. The van der Waals surface area contributed by atoms with Gasteiger partial charge in [0.05, 0.1) is 0 Å². The Hall–Kier alpha value is -0.480. The molecule has 1 aliphatic rings. The van der Waals surface area contributed by atoms with Gasteiger partial charge in [-0.25, -0.2) is 0 Å². The number of benzene rings is 1. The number of nitrogens with one attached hydrogen (secondary N) is 1. The van der Waals surface area contributed by atoms with Gasteiger partial charge in [-0.3, -0.25) is 5.41 Å². The minimum absolute atomic E-state index is 0.115. The number of hydrogen-bond donors (Lipinski definition) is 2. The third-order valence-corrected chi connectivity index (χ3v) is 5.07. The number of amidine groups is 1. The zero-order valence-electron chi connectivity index (χ0n) is 9.71. The van der Waals surface area contributed by atoms with Crippen molar-refractivity contribution < 1.29 is 0 Å². The molecule has 0 aliphatic heterocycles. The summed E-state index contributed by atoms with van der Waals surface area (Å²) in [5.41, 5.74) is 6.26. The average molecular weight is 313 g/mol. The molecule has 0 bridgehead atoms. The quantitative estimate of drug-likeness (QED) is 0.501. The van der Waals surface area contributed by atoms with Gasteiger partial charge in [0, 0.05) is 20.7 Å². The Morgan fingerprint density at radius 3 is 2.71 bits per heavy atom. The second kappa shape index (κ2) is 5.91. The predicted octanol–water partition coefficient (Wildman–Crippen LogP) is 4.02. The van der Waals surface area contributed by atoms with E-state index in [-0.39, 0.29) is 5.84 Å². The van der Waals surface area contributed by atoms with Crippen molar-refractivity contribution >= 4 is 33.5 Å². The highest BCUT2D eigenvalue weighted by Gasteiger charge is 2.15. The molecule has 0 amide bonds. The lowest BCUT2D eigenvalue weighted by atomic mass is 10.1. The first-order chi connectivity index (χ1) is 8.16. The third-order valence-electron chi connectivity index (χ3n) is 3.19. The van der Waals surface area contributed by atoms with Gasteiger partial charge in [-0.15, -0.1) is 11.8 Å². The summed E-state index contributed by atoms with van der Waals surface area (Å²) in [6.45, 7) is 0. The zero-order chi connectivity index (χ0) is 12.3. The van der Waals surface area contributed by atoms with Crippen LogP contribution in [0.2, 0.25) is 0 Å². The van der Waals surface area contributed by atoms with E-state index < -0.39 is 0 Å². The number of thioether (sulfide) groups is 1. The molecule has 2 nitrogen and oxygen atoms in total. The van der Waals surface area contributed by atoms with Crippen LogP contribution in [-0.4, -0.2) is 11.6 Å². The van der Waals surface area contributed by atoms with E-state index in [1.165, 1.54) is 36.3 Å². The Morgan fingerprint density at radius 2 is 2.12 bits per heavy atom. The number of halogens is 1. The fourth-order valence-electron chi connectivity index (χ4n) is 2.20. The Balaban J connectivity index is 1.97. The van der Waals surface area contributed by atoms with Crippen molar-refractivity contribution in [2.45, 2.75) is 30.6 Å². The summed E-state index contributed by atoms with van der Waals surface area (Å²) in [5.74, 6) is 2.22. The lowest BCUT2D eigenvalue weighted by Crippen LogP contribution is -2.11. The lowest BCUT2D eigenvalue weighted by molar-refractivity contribution is 0.623. The van der Waals surface area contributed by atoms with Gasteiger partial charge in [0.1, 0.15) is 5.84 Å². The Morgan fingerprint density at radius 1 is 1.41 bits per heavy atom. The summed E-state index contributed by atoms with van der Waals surface area (Å²) in [6, 6.07) is 6.04. The van der Waals surface area contributed by atoms with E-state index in [9.17, 15) is 0 Å². The minimum Gasteiger partial charge on any atom is -0.384 e. The molecule has 1 saturated carbocycles. The third kappa shape index (κ3) is 3.49. The van der Waals surface area contributed by atoms with Crippen LogP contribution >= 0.6 is 27.7 Å². The van der Waals surface area contributed by atoms with E-state index in [1.54, 1.807) is 0 Å². The average Bonchev–Trinajstić information content (AvgIpc) is 2.78. The van der Waals surface area contributed by atoms with Gasteiger partial charge in [0.15, 0.2) is 0 Å². The summed E-state index contributed by atoms with van der Waals surface area (Å²) >= 11 is 5.38. The summed E-state index contributed by atoms with van der Waals surface area (Å²) in [4.78, 5) is 1.26. The first-order valence-electron chi connectivity index (χ1n) is 5.93.